The van der Waals surface area contributed by atoms with Crippen molar-refractivity contribution in [1.82, 2.24) is 19.7 Å². The lowest BCUT2D eigenvalue weighted by atomic mass is 10.1. The van der Waals surface area contributed by atoms with Crippen LogP contribution >= 0.6 is 0 Å². The van der Waals surface area contributed by atoms with E-state index in [4.69, 9.17) is 9.84 Å². The second-order valence-corrected chi connectivity index (χ2v) is 7.68. The summed E-state index contributed by atoms with van der Waals surface area (Å²) in [4.78, 5) is 17.7. The Morgan fingerprint density at radius 1 is 1.09 bits per heavy atom. The van der Waals surface area contributed by atoms with Crippen LogP contribution in [0.25, 0.3) is 22.2 Å². The Kier molecular flexibility index (Phi) is 5.15. The lowest BCUT2D eigenvalue weighted by Gasteiger charge is -2.15. The van der Waals surface area contributed by atoms with Crippen LogP contribution in [0.15, 0.2) is 79.6 Å². The van der Waals surface area contributed by atoms with Gasteiger partial charge in [0, 0.05) is 30.2 Å². The number of ether oxygens (including phenoxy) is 1. The van der Waals surface area contributed by atoms with Crippen molar-refractivity contribution in [3.63, 3.8) is 0 Å². The molecule has 2 aromatic heterocycles. The third kappa shape index (κ3) is 3.62. The molecule has 1 atom stereocenters. The molecule has 32 heavy (non-hydrogen) atoms. The summed E-state index contributed by atoms with van der Waals surface area (Å²) in [6.45, 7) is 4.60. The SMILES string of the molecule is C=CC(=O)N1CC[C@@H](n2nc(-c3ccc(Oc4ccccc4)cc3)c3cncc(F)c32)C1. The number of rotatable bonds is 5. The van der Waals surface area contributed by atoms with Gasteiger partial charge in [-0.3, -0.25) is 14.5 Å². The molecule has 1 fully saturated rings. The molecule has 5 rings (SSSR count). The number of pyridine rings is 1. The second-order valence-electron chi connectivity index (χ2n) is 7.68. The summed E-state index contributed by atoms with van der Waals surface area (Å²) in [5.41, 5.74) is 1.88. The predicted octanol–water partition coefficient (Wildman–Crippen LogP) is 4.99. The maximum Gasteiger partial charge on any atom is 0.246 e. The monoisotopic (exact) mass is 428 g/mol. The molecule has 1 amide bonds. The van der Waals surface area contributed by atoms with Crippen LogP contribution < -0.4 is 4.74 Å². The van der Waals surface area contributed by atoms with E-state index in [1.807, 2.05) is 54.6 Å². The van der Waals surface area contributed by atoms with Gasteiger partial charge in [0.2, 0.25) is 5.91 Å². The number of aromatic nitrogens is 3. The number of hydrogen-bond donors (Lipinski definition) is 0. The average Bonchev–Trinajstić information content (AvgIpc) is 3.46. The summed E-state index contributed by atoms with van der Waals surface area (Å²) < 4.78 is 22.4. The van der Waals surface area contributed by atoms with Crippen LogP contribution in [0.1, 0.15) is 12.5 Å². The normalized spacial score (nSPS) is 15.8. The predicted molar refractivity (Wildman–Crippen MR) is 120 cm³/mol. The number of para-hydroxylation sites is 1. The topological polar surface area (TPSA) is 60.2 Å². The molecule has 1 aliphatic heterocycles. The van der Waals surface area contributed by atoms with E-state index in [0.717, 1.165) is 11.3 Å². The third-order valence-corrected chi connectivity index (χ3v) is 5.67. The van der Waals surface area contributed by atoms with Gasteiger partial charge in [-0.05, 0) is 48.9 Å². The molecule has 6 nitrogen and oxygen atoms in total. The molecule has 4 aromatic rings. The van der Waals surface area contributed by atoms with E-state index in [0.29, 0.717) is 41.9 Å². The highest BCUT2D eigenvalue weighted by molar-refractivity contribution is 5.93. The van der Waals surface area contributed by atoms with Crippen molar-refractivity contribution < 1.29 is 13.9 Å². The summed E-state index contributed by atoms with van der Waals surface area (Å²) in [5, 5.41) is 5.40. The van der Waals surface area contributed by atoms with Crippen LogP contribution in [0.5, 0.6) is 11.5 Å². The Morgan fingerprint density at radius 3 is 2.59 bits per heavy atom. The number of amides is 1. The first-order valence-corrected chi connectivity index (χ1v) is 10.4. The van der Waals surface area contributed by atoms with Gasteiger partial charge in [0.25, 0.3) is 0 Å². The third-order valence-electron chi connectivity index (χ3n) is 5.67. The fourth-order valence-electron chi connectivity index (χ4n) is 4.10. The Labute approximate surface area is 184 Å². The molecule has 0 spiro atoms. The highest BCUT2D eigenvalue weighted by atomic mass is 19.1. The molecule has 3 heterocycles. The fourth-order valence-corrected chi connectivity index (χ4v) is 4.10. The fraction of sp³-hybridized carbons (Fsp3) is 0.160. The zero-order valence-corrected chi connectivity index (χ0v) is 17.3. The molecule has 0 saturated carbocycles. The van der Waals surface area contributed by atoms with E-state index >= 15 is 0 Å². The van der Waals surface area contributed by atoms with E-state index in [2.05, 4.69) is 11.6 Å². The zero-order valence-electron chi connectivity index (χ0n) is 17.3. The standard InChI is InChI=1S/C25H21FN4O2/c1-2-23(31)29-13-12-18(16-29)30-25-21(14-27-15-22(25)26)24(28-30)17-8-10-20(11-9-17)32-19-6-4-3-5-7-19/h2-11,14-15,18H,1,12-13,16H2/t18-/m1/s1. The van der Waals surface area contributed by atoms with Crippen molar-refractivity contribution in [3.8, 4) is 22.8 Å². The van der Waals surface area contributed by atoms with Crippen LogP contribution in [0.2, 0.25) is 0 Å². The summed E-state index contributed by atoms with van der Waals surface area (Å²) >= 11 is 0. The van der Waals surface area contributed by atoms with E-state index in [-0.39, 0.29) is 11.9 Å². The number of carbonyl (C=O) groups is 1. The van der Waals surface area contributed by atoms with Gasteiger partial charge >= 0.3 is 0 Å². The minimum absolute atomic E-state index is 0.118. The first kappa shape index (κ1) is 19.9. The first-order chi connectivity index (χ1) is 15.6. The van der Waals surface area contributed by atoms with Crippen LogP contribution in [0, 0.1) is 5.82 Å². The van der Waals surface area contributed by atoms with Gasteiger partial charge in [-0.15, -0.1) is 0 Å². The average molecular weight is 428 g/mol. The minimum Gasteiger partial charge on any atom is -0.457 e. The maximum atomic E-state index is 14.8. The molecule has 1 aliphatic rings. The molecule has 0 aliphatic carbocycles. The van der Waals surface area contributed by atoms with Crippen molar-refractivity contribution in [2.75, 3.05) is 13.1 Å². The van der Waals surface area contributed by atoms with E-state index in [9.17, 15) is 9.18 Å². The summed E-state index contributed by atoms with van der Waals surface area (Å²) in [6.07, 6.45) is 4.83. The van der Waals surface area contributed by atoms with Crippen LogP contribution in [0.4, 0.5) is 4.39 Å². The number of carbonyl (C=O) groups excluding carboxylic acids is 1. The number of halogens is 1. The highest BCUT2D eigenvalue weighted by Gasteiger charge is 2.29. The van der Waals surface area contributed by atoms with Crippen molar-refractivity contribution in [2.45, 2.75) is 12.5 Å². The molecule has 2 aromatic carbocycles. The Balaban J connectivity index is 1.49. The highest BCUT2D eigenvalue weighted by Crippen LogP contribution is 2.34. The molecule has 7 heteroatoms. The Hall–Kier alpha value is -4.00. The van der Waals surface area contributed by atoms with Crippen molar-refractivity contribution in [1.29, 1.82) is 0 Å². The molecule has 160 valence electrons. The quantitative estimate of drug-likeness (QED) is 0.420. The van der Waals surface area contributed by atoms with Crippen LogP contribution in [-0.4, -0.2) is 38.7 Å². The van der Waals surface area contributed by atoms with Gasteiger partial charge in [-0.25, -0.2) is 4.39 Å². The molecule has 0 unspecified atom stereocenters. The van der Waals surface area contributed by atoms with Gasteiger partial charge < -0.3 is 9.64 Å². The maximum absolute atomic E-state index is 14.8. The smallest absolute Gasteiger partial charge is 0.246 e. The molecule has 1 saturated heterocycles. The Morgan fingerprint density at radius 2 is 1.84 bits per heavy atom. The molecular weight excluding hydrogens is 407 g/mol. The van der Waals surface area contributed by atoms with E-state index in [1.54, 1.807) is 15.8 Å². The largest absolute Gasteiger partial charge is 0.457 e. The molecule has 0 radical (unpaired) electrons. The number of hydrogen-bond acceptors (Lipinski definition) is 4. The molecule has 0 bridgehead atoms. The van der Waals surface area contributed by atoms with Gasteiger partial charge in [-0.1, -0.05) is 24.8 Å². The number of nitrogens with zero attached hydrogens (tertiary/aromatic N) is 4. The van der Waals surface area contributed by atoms with Gasteiger partial charge in [0.05, 0.1) is 12.2 Å². The van der Waals surface area contributed by atoms with Gasteiger partial charge in [0.15, 0.2) is 5.82 Å². The zero-order chi connectivity index (χ0) is 22.1. The first-order valence-electron chi connectivity index (χ1n) is 10.4. The van der Waals surface area contributed by atoms with E-state index in [1.165, 1.54) is 12.3 Å². The summed E-state index contributed by atoms with van der Waals surface area (Å²) in [7, 11) is 0. The van der Waals surface area contributed by atoms with Gasteiger partial charge in [-0.2, -0.15) is 5.10 Å². The minimum atomic E-state index is -0.432. The summed E-state index contributed by atoms with van der Waals surface area (Å²) in [5.74, 6) is 0.891. The van der Waals surface area contributed by atoms with Crippen LogP contribution in [-0.2, 0) is 4.79 Å². The van der Waals surface area contributed by atoms with Crippen molar-refractivity contribution in [2.24, 2.45) is 0 Å². The van der Waals surface area contributed by atoms with Crippen LogP contribution in [0.3, 0.4) is 0 Å². The number of benzene rings is 2. The number of fused-ring (bicyclic) bond motifs is 1. The van der Waals surface area contributed by atoms with Crippen molar-refractivity contribution >= 4 is 16.8 Å². The second kappa shape index (κ2) is 8.26. The van der Waals surface area contributed by atoms with Gasteiger partial charge in [0.1, 0.15) is 22.7 Å². The lowest BCUT2D eigenvalue weighted by molar-refractivity contribution is -0.125. The number of likely N-dealkylation sites (tertiary alicyclic amines) is 1. The lowest BCUT2D eigenvalue weighted by Crippen LogP contribution is -2.27. The molecule has 0 N–H and O–H groups in total. The Bertz CT molecular complexity index is 1280. The van der Waals surface area contributed by atoms with E-state index < -0.39 is 5.82 Å². The van der Waals surface area contributed by atoms with Crippen molar-refractivity contribution in [3.05, 3.63) is 85.5 Å². The summed E-state index contributed by atoms with van der Waals surface area (Å²) in [6, 6.07) is 16.9. The molecular formula is C25H21FN4O2.